The number of amides is 2. The molecule has 1 aliphatic carbocycles. The third kappa shape index (κ3) is 5.16. The lowest BCUT2D eigenvalue weighted by atomic mass is 9.87. The first-order valence-electron chi connectivity index (χ1n) is 8.16. The third-order valence-corrected chi connectivity index (χ3v) is 4.13. The lowest BCUT2D eigenvalue weighted by molar-refractivity contribution is -0.125. The van der Waals surface area contributed by atoms with E-state index < -0.39 is 0 Å². The van der Waals surface area contributed by atoms with Crippen molar-refractivity contribution in [3.63, 3.8) is 0 Å². The summed E-state index contributed by atoms with van der Waals surface area (Å²) in [5, 5.41) is 12.3. The van der Waals surface area contributed by atoms with Gasteiger partial charge >= 0.3 is 0 Å². The van der Waals surface area contributed by atoms with E-state index in [0.717, 1.165) is 18.5 Å². The van der Waals surface area contributed by atoms with Crippen LogP contribution in [-0.4, -0.2) is 28.6 Å². The van der Waals surface area contributed by atoms with Crippen molar-refractivity contribution in [3.8, 4) is 0 Å². The average molecular weight is 306 g/mol. The van der Waals surface area contributed by atoms with E-state index in [4.69, 9.17) is 0 Å². The van der Waals surface area contributed by atoms with Gasteiger partial charge in [0, 0.05) is 18.2 Å². The Morgan fingerprint density at radius 2 is 2.00 bits per heavy atom. The largest absolute Gasteiger partial charge is 0.347 e. The van der Waals surface area contributed by atoms with Gasteiger partial charge in [-0.25, -0.2) is 0 Å². The lowest BCUT2D eigenvalue weighted by Crippen LogP contribution is -2.34. The van der Waals surface area contributed by atoms with Crippen molar-refractivity contribution >= 4 is 17.6 Å². The molecule has 6 nitrogen and oxygen atoms in total. The molecule has 122 valence electrons. The second kappa shape index (κ2) is 7.96. The number of aromatic amines is 1. The van der Waals surface area contributed by atoms with Crippen molar-refractivity contribution in [1.29, 1.82) is 0 Å². The summed E-state index contributed by atoms with van der Waals surface area (Å²) in [6, 6.07) is 1.81. The number of carbonyl (C=O) groups excluding carboxylic acids is 2. The first-order chi connectivity index (χ1) is 10.5. The Balaban J connectivity index is 1.69. The van der Waals surface area contributed by atoms with Crippen LogP contribution in [0.2, 0.25) is 0 Å². The van der Waals surface area contributed by atoms with E-state index >= 15 is 0 Å². The molecule has 0 unspecified atom stereocenters. The summed E-state index contributed by atoms with van der Waals surface area (Å²) in [5.74, 6) is 1.02. The molecule has 1 aromatic heterocycles. The Hall–Kier alpha value is -1.85. The SMILES string of the molecule is CC(C)c1cc(NC(=O)CNC(=O)CC2CCCCC2)n[nH]1. The summed E-state index contributed by atoms with van der Waals surface area (Å²) in [5.41, 5.74) is 0.969. The quantitative estimate of drug-likeness (QED) is 0.755. The zero-order valence-electron chi connectivity index (χ0n) is 13.4. The summed E-state index contributed by atoms with van der Waals surface area (Å²) in [6.45, 7) is 4.09. The Kier molecular flexibility index (Phi) is 5.98. The van der Waals surface area contributed by atoms with Crippen molar-refractivity contribution in [1.82, 2.24) is 15.5 Å². The van der Waals surface area contributed by atoms with Gasteiger partial charge in [-0.2, -0.15) is 5.10 Å². The zero-order chi connectivity index (χ0) is 15.9. The number of carbonyl (C=O) groups is 2. The number of aromatic nitrogens is 2. The van der Waals surface area contributed by atoms with Crippen molar-refractivity contribution in [2.45, 2.75) is 58.3 Å². The van der Waals surface area contributed by atoms with Crippen LogP contribution in [0, 0.1) is 5.92 Å². The minimum Gasteiger partial charge on any atom is -0.347 e. The number of anilines is 1. The molecule has 22 heavy (non-hydrogen) atoms. The van der Waals surface area contributed by atoms with Gasteiger partial charge in [-0.1, -0.05) is 33.1 Å². The summed E-state index contributed by atoms with van der Waals surface area (Å²) < 4.78 is 0. The highest BCUT2D eigenvalue weighted by Crippen LogP contribution is 2.25. The number of nitrogens with zero attached hydrogens (tertiary/aromatic N) is 1. The zero-order valence-corrected chi connectivity index (χ0v) is 13.4. The van der Waals surface area contributed by atoms with Gasteiger partial charge in [0.2, 0.25) is 11.8 Å². The van der Waals surface area contributed by atoms with Crippen LogP contribution in [0.5, 0.6) is 0 Å². The van der Waals surface area contributed by atoms with E-state index in [9.17, 15) is 9.59 Å². The first kappa shape index (κ1) is 16.5. The van der Waals surface area contributed by atoms with Crippen molar-refractivity contribution in [3.05, 3.63) is 11.8 Å². The maximum absolute atomic E-state index is 11.8. The molecule has 0 aromatic carbocycles. The van der Waals surface area contributed by atoms with Crippen LogP contribution >= 0.6 is 0 Å². The number of nitrogens with one attached hydrogen (secondary N) is 3. The molecule has 1 heterocycles. The van der Waals surface area contributed by atoms with Crippen molar-refractivity contribution < 1.29 is 9.59 Å². The molecular weight excluding hydrogens is 280 g/mol. The van der Waals surface area contributed by atoms with Crippen LogP contribution in [-0.2, 0) is 9.59 Å². The molecule has 0 spiro atoms. The molecule has 0 radical (unpaired) electrons. The average Bonchev–Trinajstić information content (AvgIpc) is 2.95. The molecule has 1 saturated carbocycles. The Bertz CT molecular complexity index is 504. The summed E-state index contributed by atoms with van der Waals surface area (Å²) in [7, 11) is 0. The van der Waals surface area contributed by atoms with E-state index in [2.05, 4.69) is 20.8 Å². The molecular formula is C16H26N4O2. The Morgan fingerprint density at radius 3 is 2.64 bits per heavy atom. The molecule has 2 amide bonds. The standard InChI is InChI=1S/C16H26N4O2/c1-11(2)13-9-14(20-19-13)18-16(22)10-17-15(21)8-12-6-4-3-5-7-12/h9,11-12H,3-8,10H2,1-2H3,(H,17,21)(H2,18,19,20,22). The first-order valence-corrected chi connectivity index (χ1v) is 8.16. The van der Waals surface area contributed by atoms with E-state index in [0.29, 0.717) is 24.1 Å². The fourth-order valence-electron chi connectivity index (χ4n) is 2.79. The maximum Gasteiger partial charge on any atom is 0.244 e. The molecule has 6 heteroatoms. The Morgan fingerprint density at radius 1 is 1.27 bits per heavy atom. The van der Waals surface area contributed by atoms with Crippen LogP contribution in [0.3, 0.4) is 0 Å². The van der Waals surface area contributed by atoms with Gasteiger partial charge in [-0.3, -0.25) is 14.7 Å². The number of rotatable bonds is 6. The monoisotopic (exact) mass is 306 g/mol. The van der Waals surface area contributed by atoms with Crippen LogP contribution < -0.4 is 10.6 Å². The number of H-pyrrole nitrogens is 1. The number of hydrogen-bond acceptors (Lipinski definition) is 3. The van der Waals surface area contributed by atoms with Gasteiger partial charge in [0.05, 0.1) is 6.54 Å². The Labute approximate surface area is 131 Å². The fourth-order valence-corrected chi connectivity index (χ4v) is 2.79. The van der Waals surface area contributed by atoms with E-state index in [1.54, 1.807) is 0 Å². The second-order valence-corrected chi connectivity index (χ2v) is 6.40. The topological polar surface area (TPSA) is 86.9 Å². The highest BCUT2D eigenvalue weighted by Gasteiger charge is 2.17. The summed E-state index contributed by atoms with van der Waals surface area (Å²) in [6.07, 6.45) is 6.51. The van der Waals surface area contributed by atoms with Gasteiger partial charge < -0.3 is 10.6 Å². The minimum atomic E-state index is -0.251. The molecule has 3 N–H and O–H groups in total. The molecule has 0 bridgehead atoms. The van der Waals surface area contributed by atoms with Gasteiger partial charge in [0.1, 0.15) is 0 Å². The predicted molar refractivity (Wildman–Crippen MR) is 85.5 cm³/mol. The normalized spacial score (nSPS) is 15.8. The predicted octanol–water partition coefficient (Wildman–Crippen LogP) is 2.56. The van der Waals surface area contributed by atoms with Gasteiger partial charge in [0.25, 0.3) is 0 Å². The molecule has 2 rings (SSSR count). The second-order valence-electron chi connectivity index (χ2n) is 6.40. The van der Waals surface area contributed by atoms with Crippen molar-refractivity contribution in [2.75, 3.05) is 11.9 Å². The molecule has 0 saturated heterocycles. The number of hydrogen-bond donors (Lipinski definition) is 3. The van der Waals surface area contributed by atoms with Crippen LogP contribution in [0.15, 0.2) is 6.07 Å². The molecule has 1 aliphatic rings. The lowest BCUT2D eigenvalue weighted by Gasteiger charge is -2.20. The van der Waals surface area contributed by atoms with E-state index in [1.807, 2.05) is 19.9 Å². The molecule has 1 aromatic rings. The van der Waals surface area contributed by atoms with Crippen LogP contribution in [0.1, 0.15) is 64.0 Å². The van der Waals surface area contributed by atoms with E-state index in [1.165, 1.54) is 19.3 Å². The molecule has 0 aliphatic heterocycles. The third-order valence-electron chi connectivity index (χ3n) is 4.13. The highest BCUT2D eigenvalue weighted by atomic mass is 16.2. The van der Waals surface area contributed by atoms with Gasteiger partial charge in [-0.15, -0.1) is 0 Å². The van der Waals surface area contributed by atoms with Gasteiger partial charge in [0.15, 0.2) is 5.82 Å². The van der Waals surface area contributed by atoms with Crippen LogP contribution in [0.25, 0.3) is 0 Å². The van der Waals surface area contributed by atoms with Crippen LogP contribution in [0.4, 0.5) is 5.82 Å². The fraction of sp³-hybridized carbons (Fsp3) is 0.688. The van der Waals surface area contributed by atoms with Gasteiger partial charge in [-0.05, 0) is 24.7 Å². The smallest absolute Gasteiger partial charge is 0.244 e. The summed E-state index contributed by atoms with van der Waals surface area (Å²) >= 11 is 0. The minimum absolute atomic E-state index is 0.00454. The maximum atomic E-state index is 11.8. The summed E-state index contributed by atoms with van der Waals surface area (Å²) in [4.78, 5) is 23.7. The highest BCUT2D eigenvalue weighted by molar-refractivity contribution is 5.93. The van der Waals surface area contributed by atoms with E-state index in [-0.39, 0.29) is 18.4 Å². The molecule has 0 atom stereocenters. The van der Waals surface area contributed by atoms with Crippen molar-refractivity contribution in [2.24, 2.45) is 5.92 Å². The molecule has 1 fully saturated rings.